The molecule has 2 unspecified atom stereocenters. The number of benzene rings is 1. The summed E-state index contributed by atoms with van der Waals surface area (Å²) in [5.74, 6) is -1.50. The lowest BCUT2D eigenvalue weighted by Crippen LogP contribution is -2.38. The van der Waals surface area contributed by atoms with Gasteiger partial charge in [-0.1, -0.05) is 25.5 Å². The Morgan fingerprint density at radius 1 is 1.32 bits per heavy atom. The summed E-state index contributed by atoms with van der Waals surface area (Å²) in [6, 6.07) is 6.89. The number of nitrogens with one attached hydrogen (secondary N) is 1. The minimum Gasteiger partial charge on any atom is -0.497 e. The van der Waals surface area contributed by atoms with Gasteiger partial charge in [-0.2, -0.15) is 0 Å². The fourth-order valence-corrected chi connectivity index (χ4v) is 3.12. The molecule has 0 aliphatic carbocycles. The molecule has 0 bridgehead atoms. The number of hydrogen-bond donors (Lipinski definition) is 2. The zero-order valence-corrected chi connectivity index (χ0v) is 14.5. The van der Waals surface area contributed by atoms with Crippen molar-refractivity contribution in [2.45, 2.75) is 32.2 Å². The van der Waals surface area contributed by atoms with Gasteiger partial charge in [0.2, 0.25) is 11.8 Å². The topological polar surface area (TPSA) is 95.9 Å². The van der Waals surface area contributed by atoms with Crippen molar-refractivity contribution >= 4 is 17.8 Å². The van der Waals surface area contributed by atoms with Gasteiger partial charge in [-0.3, -0.25) is 14.4 Å². The number of amides is 2. The minimum atomic E-state index is -1.11. The lowest BCUT2D eigenvalue weighted by molar-refractivity contribution is -0.138. The van der Waals surface area contributed by atoms with Crippen LogP contribution in [0.2, 0.25) is 0 Å². The quantitative estimate of drug-likeness (QED) is 0.744. The van der Waals surface area contributed by atoms with Crippen LogP contribution in [0.25, 0.3) is 0 Å². The molecular weight excluding hydrogens is 324 g/mol. The molecule has 1 aromatic carbocycles. The van der Waals surface area contributed by atoms with E-state index in [1.807, 2.05) is 19.1 Å². The van der Waals surface area contributed by atoms with Crippen LogP contribution in [0.15, 0.2) is 24.3 Å². The lowest BCUT2D eigenvalue weighted by Gasteiger charge is -2.28. The van der Waals surface area contributed by atoms with Crippen LogP contribution in [-0.2, 0) is 14.4 Å². The fraction of sp³-hybridized carbons (Fsp3) is 0.500. The monoisotopic (exact) mass is 348 g/mol. The van der Waals surface area contributed by atoms with E-state index in [0.717, 1.165) is 18.4 Å². The molecule has 0 spiro atoms. The Hall–Kier alpha value is -2.57. The third kappa shape index (κ3) is 4.49. The molecule has 25 heavy (non-hydrogen) atoms. The Kier molecular flexibility index (Phi) is 6.38. The van der Waals surface area contributed by atoms with Crippen molar-refractivity contribution in [2.75, 3.05) is 20.2 Å². The summed E-state index contributed by atoms with van der Waals surface area (Å²) in [7, 11) is 1.57. The first-order valence-electron chi connectivity index (χ1n) is 8.40. The molecule has 1 heterocycles. The second kappa shape index (κ2) is 8.50. The van der Waals surface area contributed by atoms with E-state index in [1.54, 1.807) is 24.1 Å². The zero-order chi connectivity index (χ0) is 18.4. The van der Waals surface area contributed by atoms with Crippen LogP contribution in [0.1, 0.15) is 37.8 Å². The van der Waals surface area contributed by atoms with Crippen molar-refractivity contribution in [3.8, 4) is 5.75 Å². The standard InChI is InChI=1S/C18H24N2O5/c1-3-4-9-20-15(21)10-14(18(24)19-11-16(22)23)17(20)12-5-7-13(25-2)8-6-12/h5-8,14,17H,3-4,9-11H2,1-2H3,(H,19,24)(H,22,23). The lowest BCUT2D eigenvalue weighted by atomic mass is 9.92. The summed E-state index contributed by atoms with van der Waals surface area (Å²) in [5, 5.41) is 11.2. The van der Waals surface area contributed by atoms with Crippen LogP contribution < -0.4 is 10.1 Å². The van der Waals surface area contributed by atoms with Gasteiger partial charge in [0.1, 0.15) is 12.3 Å². The maximum absolute atomic E-state index is 12.4. The Labute approximate surface area is 147 Å². The maximum atomic E-state index is 12.4. The summed E-state index contributed by atoms with van der Waals surface area (Å²) < 4.78 is 5.16. The molecule has 2 amide bonds. The Morgan fingerprint density at radius 2 is 2.00 bits per heavy atom. The van der Waals surface area contributed by atoms with Gasteiger partial charge in [0.25, 0.3) is 0 Å². The number of likely N-dealkylation sites (tertiary alicyclic amines) is 1. The van der Waals surface area contributed by atoms with Gasteiger partial charge < -0.3 is 20.1 Å². The van der Waals surface area contributed by atoms with Crippen molar-refractivity contribution < 1.29 is 24.2 Å². The van der Waals surface area contributed by atoms with Crippen LogP contribution in [-0.4, -0.2) is 48.0 Å². The van der Waals surface area contributed by atoms with Crippen LogP contribution in [0.3, 0.4) is 0 Å². The van der Waals surface area contributed by atoms with E-state index >= 15 is 0 Å². The van der Waals surface area contributed by atoms with Crippen molar-refractivity contribution in [3.05, 3.63) is 29.8 Å². The van der Waals surface area contributed by atoms with Gasteiger partial charge in [0, 0.05) is 13.0 Å². The number of hydrogen-bond acceptors (Lipinski definition) is 4. The van der Waals surface area contributed by atoms with E-state index in [-0.39, 0.29) is 12.3 Å². The first-order valence-corrected chi connectivity index (χ1v) is 8.40. The first-order chi connectivity index (χ1) is 12.0. The number of nitrogens with zero attached hydrogens (tertiary/aromatic N) is 1. The van der Waals surface area contributed by atoms with Crippen molar-refractivity contribution in [2.24, 2.45) is 5.92 Å². The first kappa shape index (κ1) is 18.8. The van der Waals surface area contributed by atoms with Gasteiger partial charge in [-0.15, -0.1) is 0 Å². The number of aliphatic carboxylic acids is 1. The molecule has 0 aromatic heterocycles. The summed E-state index contributed by atoms with van der Waals surface area (Å²) in [5.41, 5.74) is 0.846. The Morgan fingerprint density at radius 3 is 2.56 bits per heavy atom. The van der Waals surface area contributed by atoms with Crippen molar-refractivity contribution in [3.63, 3.8) is 0 Å². The average molecular weight is 348 g/mol. The normalized spacial score (nSPS) is 19.8. The number of methoxy groups -OCH3 is 1. The zero-order valence-electron chi connectivity index (χ0n) is 14.5. The van der Waals surface area contributed by atoms with Gasteiger partial charge in [0.15, 0.2) is 0 Å². The molecule has 1 saturated heterocycles. The smallest absolute Gasteiger partial charge is 0.322 e. The van der Waals surface area contributed by atoms with Crippen molar-refractivity contribution in [1.82, 2.24) is 10.2 Å². The molecule has 1 fully saturated rings. The molecule has 2 atom stereocenters. The maximum Gasteiger partial charge on any atom is 0.322 e. The van der Waals surface area contributed by atoms with E-state index < -0.39 is 30.4 Å². The molecule has 136 valence electrons. The SMILES string of the molecule is CCCCN1C(=O)CC(C(=O)NCC(=O)O)C1c1ccc(OC)cc1. The molecule has 2 N–H and O–H groups in total. The third-order valence-electron chi connectivity index (χ3n) is 4.39. The summed E-state index contributed by atoms with van der Waals surface area (Å²) in [6.07, 6.45) is 1.88. The predicted molar refractivity (Wildman–Crippen MR) is 91.1 cm³/mol. The second-order valence-corrected chi connectivity index (χ2v) is 6.08. The molecule has 1 aromatic rings. The van der Waals surface area contributed by atoms with E-state index in [1.165, 1.54) is 0 Å². The number of carboxylic acids is 1. The largest absolute Gasteiger partial charge is 0.497 e. The third-order valence-corrected chi connectivity index (χ3v) is 4.39. The highest BCUT2D eigenvalue weighted by atomic mass is 16.5. The fourth-order valence-electron chi connectivity index (χ4n) is 3.12. The van der Waals surface area contributed by atoms with Gasteiger partial charge in [-0.05, 0) is 24.1 Å². The number of ether oxygens (including phenoxy) is 1. The molecule has 7 nitrogen and oxygen atoms in total. The van der Waals surface area contributed by atoms with Crippen LogP contribution >= 0.6 is 0 Å². The van der Waals surface area contributed by atoms with E-state index in [2.05, 4.69) is 5.32 Å². The summed E-state index contributed by atoms with van der Waals surface area (Å²) in [6.45, 7) is 2.17. The minimum absolute atomic E-state index is 0.0789. The van der Waals surface area contributed by atoms with Crippen LogP contribution in [0, 0.1) is 5.92 Å². The van der Waals surface area contributed by atoms with Crippen molar-refractivity contribution in [1.29, 1.82) is 0 Å². The highest BCUT2D eigenvalue weighted by Gasteiger charge is 2.44. The summed E-state index contributed by atoms with van der Waals surface area (Å²) >= 11 is 0. The van der Waals surface area contributed by atoms with E-state index in [4.69, 9.17) is 9.84 Å². The highest BCUT2D eigenvalue weighted by molar-refractivity contribution is 5.91. The number of unbranched alkanes of at least 4 members (excludes halogenated alkanes) is 1. The van der Waals surface area contributed by atoms with Crippen LogP contribution in [0.5, 0.6) is 5.75 Å². The average Bonchev–Trinajstić information content (AvgIpc) is 2.94. The van der Waals surface area contributed by atoms with Gasteiger partial charge >= 0.3 is 5.97 Å². The molecule has 1 aliphatic rings. The molecule has 1 aliphatic heterocycles. The number of carbonyl (C=O) groups is 3. The summed E-state index contributed by atoms with van der Waals surface area (Å²) in [4.78, 5) is 37.3. The number of carbonyl (C=O) groups excluding carboxylic acids is 2. The second-order valence-electron chi connectivity index (χ2n) is 6.08. The van der Waals surface area contributed by atoms with E-state index in [9.17, 15) is 14.4 Å². The molecule has 0 radical (unpaired) electrons. The highest BCUT2D eigenvalue weighted by Crippen LogP contribution is 2.39. The number of carboxylic acid groups (broad SMARTS) is 1. The molecule has 7 heteroatoms. The number of rotatable bonds is 8. The Balaban J connectivity index is 2.27. The van der Waals surface area contributed by atoms with Gasteiger partial charge in [-0.25, -0.2) is 0 Å². The van der Waals surface area contributed by atoms with Gasteiger partial charge in [0.05, 0.1) is 19.1 Å². The van der Waals surface area contributed by atoms with E-state index in [0.29, 0.717) is 12.3 Å². The van der Waals surface area contributed by atoms with Crippen LogP contribution in [0.4, 0.5) is 0 Å². The molecule has 0 saturated carbocycles. The molecular formula is C18H24N2O5. The Bertz CT molecular complexity index is 629. The predicted octanol–water partition coefficient (Wildman–Crippen LogP) is 1.59. The molecule has 2 rings (SSSR count).